The molecule has 9 heteroatoms. The summed E-state index contributed by atoms with van der Waals surface area (Å²) in [5.41, 5.74) is 5.17. The van der Waals surface area contributed by atoms with Gasteiger partial charge >= 0.3 is 6.09 Å². The van der Waals surface area contributed by atoms with Gasteiger partial charge in [-0.1, -0.05) is 71.1 Å². The van der Waals surface area contributed by atoms with Crippen molar-refractivity contribution in [1.29, 1.82) is 5.41 Å². The molecule has 1 aliphatic rings. The number of imide groups is 1. The largest absolute Gasteiger partial charge is 0.465 e. The van der Waals surface area contributed by atoms with Crippen molar-refractivity contribution in [1.82, 2.24) is 15.5 Å². The average Bonchev–Trinajstić information content (AvgIpc) is 3.18. The van der Waals surface area contributed by atoms with Gasteiger partial charge in [0.05, 0.1) is 0 Å². The van der Waals surface area contributed by atoms with E-state index >= 15 is 0 Å². The Labute approximate surface area is 193 Å². The van der Waals surface area contributed by atoms with E-state index in [4.69, 9.17) is 16.2 Å². The summed E-state index contributed by atoms with van der Waals surface area (Å²) in [4.78, 5) is 33.1. The Balaban J connectivity index is 0.000000879. The minimum absolute atomic E-state index is 0.0164. The van der Waals surface area contributed by atoms with Gasteiger partial charge in [0, 0.05) is 32.5 Å². The molecule has 1 saturated heterocycles. The van der Waals surface area contributed by atoms with Gasteiger partial charge in [0.25, 0.3) is 0 Å². The van der Waals surface area contributed by atoms with Crippen molar-refractivity contribution >= 4 is 23.9 Å². The van der Waals surface area contributed by atoms with Gasteiger partial charge in [-0.15, -0.1) is 0 Å². The third kappa shape index (κ3) is 18.4. The normalized spacial score (nSPS) is 12.8. The summed E-state index contributed by atoms with van der Waals surface area (Å²) in [5.74, 6) is -0.150. The lowest BCUT2D eigenvalue weighted by Crippen LogP contribution is -2.33. The van der Waals surface area contributed by atoms with Crippen molar-refractivity contribution < 1.29 is 19.5 Å². The van der Waals surface area contributed by atoms with Crippen LogP contribution in [0.25, 0.3) is 0 Å². The number of carboxylic acid groups (broad SMARTS) is 1. The fourth-order valence-electron chi connectivity index (χ4n) is 3.43. The van der Waals surface area contributed by atoms with E-state index in [0.717, 1.165) is 24.2 Å². The SMILES string of the molecule is CCCCCCCCCCCCCC(=O)NCCCNC(=N)N.O=C(O)N1CCCC1=O. The van der Waals surface area contributed by atoms with Gasteiger partial charge in [0.1, 0.15) is 0 Å². The molecular formula is C23H45N5O4. The van der Waals surface area contributed by atoms with Crippen LogP contribution in [-0.2, 0) is 9.59 Å². The number of nitrogens with one attached hydrogen (secondary N) is 3. The van der Waals surface area contributed by atoms with E-state index in [1.165, 1.54) is 57.8 Å². The molecule has 0 aliphatic carbocycles. The van der Waals surface area contributed by atoms with Crippen LogP contribution < -0.4 is 16.4 Å². The highest BCUT2D eigenvalue weighted by Crippen LogP contribution is 2.12. The summed E-state index contributed by atoms with van der Waals surface area (Å²) in [7, 11) is 0. The number of nitrogens with two attached hydrogens (primary N) is 1. The highest BCUT2D eigenvalue weighted by molar-refractivity contribution is 5.92. The van der Waals surface area contributed by atoms with Crippen molar-refractivity contribution in [3.8, 4) is 0 Å². The Bertz CT molecular complexity index is 542. The molecule has 0 spiro atoms. The van der Waals surface area contributed by atoms with Crippen molar-refractivity contribution in [2.75, 3.05) is 19.6 Å². The number of carbonyl (C=O) groups is 3. The highest BCUT2D eigenvalue weighted by atomic mass is 16.4. The van der Waals surface area contributed by atoms with Crippen LogP contribution in [0.4, 0.5) is 4.79 Å². The zero-order chi connectivity index (χ0) is 24.0. The number of unbranched alkanes of at least 4 members (excludes halogenated alkanes) is 10. The molecule has 1 aliphatic heterocycles. The van der Waals surface area contributed by atoms with Gasteiger partial charge in [-0.25, -0.2) is 9.69 Å². The van der Waals surface area contributed by atoms with Crippen LogP contribution in [0.5, 0.6) is 0 Å². The van der Waals surface area contributed by atoms with E-state index < -0.39 is 6.09 Å². The summed E-state index contributed by atoms with van der Waals surface area (Å²) in [6.07, 6.45) is 15.7. The summed E-state index contributed by atoms with van der Waals surface area (Å²) < 4.78 is 0. The van der Waals surface area contributed by atoms with E-state index in [1.807, 2.05) is 0 Å². The Morgan fingerprint density at radius 1 is 0.938 bits per heavy atom. The number of likely N-dealkylation sites (tertiary alicyclic amines) is 1. The van der Waals surface area contributed by atoms with Crippen LogP contribution in [0.1, 0.15) is 103 Å². The number of carbonyl (C=O) groups excluding carboxylic acids is 2. The topological polar surface area (TPSA) is 149 Å². The lowest BCUT2D eigenvalue weighted by atomic mass is 10.1. The van der Waals surface area contributed by atoms with Crippen LogP contribution in [0.2, 0.25) is 0 Å². The molecule has 0 aromatic carbocycles. The summed E-state index contributed by atoms with van der Waals surface area (Å²) >= 11 is 0. The first-order valence-corrected chi connectivity index (χ1v) is 12.3. The fourth-order valence-corrected chi connectivity index (χ4v) is 3.43. The second kappa shape index (κ2) is 20.6. The third-order valence-electron chi connectivity index (χ3n) is 5.30. The van der Waals surface area contributed by atoms with Crippen LogP contribution >= 0.6 is 0 Å². The van der Waals surface area contributed by atoms with Crippen molar-refractivity contribution in [2.45, 2.75) is 103 Å². The summed E-state index contributed by atoms with van der Waals surface area (Å²) in [5, 5.41) is 20.9. The quantitative estimate of drug-likeness (QED) is 0.135. The third-order valence-corrected chi connectivity index (χ3v) is 5.30. The first kappa shape index (κ1) is 29.7. The predicted molar refractivity (Wildman–Crippen MR) is 128 cm³/mol. The van der Waals surface area contributed by atoms with Crippen molar-refractivity contribution in [3.05, 3.63) is 0 Å². The maximum absolute atomic E-state index is 11.6. The molecule has 32 heavy (non-hydrogen) atoms. The summed E-state index contributed by atoms with van der Waals surface area (Å²) in [6.45, 7) is 3.91. The van der Waals surface area contributed by atoms with Crippen LogP contribution in [-0.4, -0.2) is 53.5 Å². The smallest absolute Gasteiger partial charge is 0.414 e. The van der Waals surface area contributed by atoms with E-state index in [-0.39, 0.29) is 17.8 Å². The van der Waals surface area contributed by atoms with Crippen molar-refractivity contribution in [2.24, 2.45) is 5.73 Å². The first-order valence-electron chi connectivity index (χ1n) is 12.3. The van der Waals surface area contributed by atoms with Gasteiger partial charge < -0.3 is 21.5 Å². The molecule has 0 bridgehead atoms. The number of hydrogen-bond acceptors (Lipinski definition) is 4. The second-order valence-corrected chi connectivity index (χ2v) is 8.26. The zero-order valence-electron chi connectivity index (χ0n) is 19.9. The maximum atomic E-state index is 11.6. The number of rotatable bonds is 16. The monoisotopic (exact) mass is 455 g/mol. The number of hydrogen-bond donors (Lipinski definition) is 5. The van der Waals surface area contributed by atoms with Gasteiger partial charge in [-0.3, -0.25) is 15.0 Å². The number of nitrogens with zero attached hydrogens (tertiary/aromatic N) is 1. The molecular weight excluding hydrogens is 410 g/mol. The first-order chi connectivity index (χ1) is 15.4. The Hall–Kier alpha value is -2.32. The van der Waals surface area contributed by atoms with E-state index in [9.17, 15) is 14.4 Å². The van der Waals surface area contributed by atoms with Crippen LogP contribution in [0.3, 0.4) is 0 Å². The molecule has 0 aromatic heterocycles. The molecule has 0 saturated carbocycles. The number of guanidine groups is 1. The standard InChI is InChI=1S/C18H38N4O.C5H7NO3/c1-2-3-4-5-6-7-8-9-10-11-12-14-17(23)21-15-13-16-22-18(19)20;7-4-2-1-3-6(4)5(8)9/h2-16H2,1H3,(H,21,23)(H4,19,20,22);1-3H2,(H,8,9). The molecule has 0 radical (unpaired) electrons. The second-order valence-electron chi connectivity index (χ2n) is 8.26. The minimum atomic E-state index is -1.13. The molecule has 186 valence electrons. The Morgan fingerprint density at radius 3 is 1.91 bits per heavy atom. The Kier molecular flexibility index (Phi) is 19.1. The van der Waals surface area contributed by atoms with Gasteiger partial charge in [0.15, 0.2) is 5.96 Å². The molecule has 1 fully saturated rings. The molecule has 9 nitrogen and oxygen atoms in total. The molecule has 0 atom stereocenters. The van der Waals surface area contributed by atoms with E-state index in [1.54, 1.807) is 0 Å². The van der Waals surface area contributed by atoms with E-state index in [0.29, 0.717) is 38.9 Å². The average molecular weight is 456 g/mol. The van der Waals surface area contributed by atoms with Crippen LogP contribution in [0.15, 0.2) is 0 Å². The lowest BCUT2D eigenvalue weighted by Gasteiger charge is -2.06. The van der Waals surface area contributed by atoms with Gasteiger partial charge in [0.2, 0.25) is 11.8 Å². The predicted octanol–water partition coefficient (Wildman–Crippen LogP) is 3.96. The Morgan fingerprint density at radius 2 is 1.47 bits per heavy atom. The molecule has 3 amide bonds. The molecule has 0 unspecified atom stereocenters. The van der Waals surface area contributed by atoms with Gasteiger partial charge in [-0.2, -0.15) is 0 Å². The maximum Gasteiger partial charge on any atom is 0.414 e. The summed E-state index contributed by atoms with van der Waals surface area (Å²) in [6, 6.07) is 0. The van der Waals surface area contributed by atoms with Gasteiger partial charge in [-0.05, 0) is 19.3 Å². The van der Waals surface area contributed by atoms with E-state index in [2.05, 4.69) is 17.6 Å². The zero-order valence-corrected chi connectivity index (χ0v) is 19.9. The molecule has 1 rings (SSSR count). The number of amides is 3. The van der Waals surface area contributed by atoms with Crippen molar-refractivity contribution in [3.63, 3.8) is 0 Å². The van der Waals surface area contributed by atoms with Crippen LogP contribution in [0, 0.1) is 5.41 Å². The minimum Gasteiger partial charge on any atom is -0.465 e. The molecule has 0 aromatic rings. The lowest BCUT2D eigenvalue weighted by molar-refractivity contribution is -0.126. The fraction of sp³-hybridized carbons (Fsp3) is 0.826. The molecule has 6 N–H and O–H groups in total. The highest BCUT2D eigenvalue weighted by Gasteiger charge is 2.25. The molecule has 1 heterocycles.